The molecule has 0 radical (unpaired) electrons. The summed E-state index contributed by atoms with van der Waals surface area (Å²) in [6, 6.07) is 4.93. The predicted octanol–water partition coefficient (Wildman–Crippen LogP) is 3.49. The highest BCUT2D eigenvalue weighted by molar-refractivity contribution is 5.24. The van der Waals surface area contributed by atoms with Crippen molar-refractivity contribution >= 4 is 0 Å². The summed E-state index contributed by atoms with van der Waals surface area (Å²) in [5, 5.41) is 3.40. The minimum atomic E-state index is -0.356. The molecule has 3 unspecified atom stereocenters. The predicted molar refractivity (Wildman–Crippen MR) is 80.1 cm³/mol. The van der Waals surface area contributed by atoms with Gasteiger partial charge in [0.1, 0.15) is 11.6 Å². The molecule has 4 heteroatoms. The van der Waals surface area contributed by atoms with Gasteiger partial charge in [-0.15, -0.1) is 0 Å². The van der Waals surface area contributed by atoms with Gasteiger partial charge in [0.25, 0.3) is 0 Å². The van der Waals surface area contributed by atoms with Gasteiger partial charge in [-0.3, -0.25) is 0 Å². The molecule has 2 heterocycles. The Labute approximate surface area is 125 Å². The number of hydrogen-bond donors (Lipinski definition) is 1. The summed E-state index contributed by atoms with van der Waals surface area (Å²) in [6.45, 7) is 2.79. The smallest absolute Gasteiger partial charge is 0.128 e. The number of piperidine rings is 1. The molecule has 2 fully saturated rings. The third-order valence-corrected chi connectivity index (χ3v) is 5.32. The molecule has 2 bridgehead atoms. The normalized spacial score (nSPS) is 30.6. The summed E-state index contributed by atoms with van der Waals surface area (Å²) in [7, 11) is 2.20. The average Bonchev–Trinajstić information content (AvgIpc) is 2.69. The molecule has 0 aliphatic carbocycles. The molecule has 0 saturated carbocycles. The summed E-state index contributed by atoms with van der Waals surface area (Å²) in [6.07, 6.45) is 4.62. The molecule has 0 amide bonds. The maximum absolute atomic E-state index is 14.2. The van der Waals surface area contributed by atoms with Crippen LogP contribution in [0.15, 0.2) is 18.2 Å². The zero-order chi connectivity index (χ0) is 15.0. The molecule has 116 valence electrons. The molecule has 0 spiro atoms. The molecule has 1 N–H and O–H groups in total. The van der Waals surface area contributed by atoms with Crippen molar-refractivity contribution in [3.63, 3.8) is 0 Å². The van der Waals surface area contributed by atoms with E-state index in [1.807, 2.05) is 6.92 Å². The maximum Gasteiger partial charge on any atom is 0.128 e. The van der Waals surface area contributed by atoms with Crippen molar-refractivity contribution in [1.82, 2.24) is 10.2 Å². The van der Waals surface area contributed by atoms with Crippen LogP contribution in [0.1, 0.15) is 44.2 Å². The van der Waals surface area contributed by atoms with Crippen molar-refractivity contribution in [3.8, 4) is 0 Å². The van der Waals surface area contributed by atoms with Crippen LogP contribution < -0.4 is 5.32 Å². The van der Waals surface area contributed by atoms with Crippen molar-refractivity contribution in [2.24, 2.45) is 5.92 Å². The second kappa shape index (κ2) is 6.01. The van der Waals surface area contributed by atoms with Crippen LogP contribution in [0.3, 0.4) is 0 Å². The van der Waals surface area contributed by atoms with Crippen molar-refractivity contribution in [1.29, 1.82) is 0 Å². The van der Waals surface area contributed by atoms with Crippen LogP contribution in [0.2, 0.25) is 0 Å². The van der Waals surface area contributed by atoms with Crippen molar-refractivity contribution in [2.45, 2.75) is 50.7 Å². The molecule has 2 aliphatic heterocycles. The Bertz CT molecular complexity index is 492. The Kier molecular flexibility index (Phi) is 4.27. The van der Waals surface area contributed by atoms with Crippen LogP contribution in [0, 0.1) is 17.6 Å². The molecule has 1 aromatic carbocycles. The molecular formula is C17H24F2N2. The largest absolute Gasteiger partial charge is 0.310 e. The van der Waals surface area contributed by atoms with Crippen LogP contribution in [0.25, 0.3) is 0 Å². The number of nitrogens with zero attached hydrogens (tertiary/aromatic N) is 1. The first-order valence-electron chi connectivity index (χ1n) is 8.00. The highest BCUT2D eigenvalue weighted by Gasteiger charge is 2.41. The topological polar surface area (TPSA) is 15.3 Å². The van der Waals surface area contributed by atoms with Gasteiger partial charge >= 0.3 is 0 Å². The number of nitrogens with one attached hydrogen (secondary N) is 1. The van der Waals surface area contributed by atoms with E-state index in [1.165, 1.54) is 31.0 Å². The first kappa shape index (κ1) is 14.9. The van der Waals surface area contributed by atoms with Crippen molar-refractivity contribution in [2.75, 3.05) is 13.6 Å². The lowest BCUT2D eigenvalue weighted by molar-refractivity contribution is 0.112. The SMILES string of the molecule is CCNC(c1cc(F)ccc1F)C1CC2CCC(C1)N2C. The van der Waals surface area contributed by atoms with Crippen LogP contribution in [-0.4, -0.2) is 30.6 Å². The highest BCUT2D eigenvalue weighted by atomic mass is 19.1. The molecule has 2 nitrogen and oxygen atoms in total. The number of benzene rings is 1. The third kappa shape index (κ3) is 2.84. The second-order valence-corrected chi connectivity index (χ2v) is 6.48. The Balaban J connectivity index is 1.86. The van der Waals surface area contributed by atoms with E-state index in [2.05, 4.69) is 17.3 Å². The molecule has 3 atom stereocenters. The molecule has 21 heavy (non-hydrogen) atoms. The Hall–Kier alpha value is -1.00. The second-order valence-electron chi connectivity index (χ2n) is 6.48. The van der Waals surface area contributed by atoms with Gasteiger partial charge in [-0.2, -0.15) is 0 Å². The first-order chi connectivity index (χ1) is 10.1. The highest BCUT2D eigenvalue weighted by Crippen LogP contribution is 2.42. The lowest BCUT2D eigenvalue weighted by Gasteiger charge is -2.40. The van der Waals surface area contributed by atoms with Gasteiger partial charge in [-0.25, -0.2) is 8.78 Å². The average molecular weight is 294 g/mol. The lowest BCUT2D eigenvalue weighted by Crippen LogP contribution is -2.44. The Morgan fingerprint density at radius 1 is 1.24 bits per heavy atom. The van der Waals surface area contributed by atoms with E-state index in [-0.39, 0.29) is 17.7 Å². The van der Waals surface area contributed by atoms with Gasteiger partial charge in [0.2, 0.25) is 0 Å². The first-order valence-corrected chi connectivity index (χ1v) is 8.00. The standard InChI is InChI=1S/C17H24F2N2/c1-3-20-17(15-10-12(18)4-7-16(15)19)11-8-13-5-6-14(9-11)21(13)2/h4,7,10-11,13-14,17,20H,3,5-6,8-9H2,1-2H3. The van der Waals surface area contributed by atoms with E-state index in [0.717, 1.165) is 19.4 Å². The number of fused-ring (bicyclic) bond motifs is 2. The van der Waals surface area contributed by atoms with E-state index in [9.17, 15) is 8.78 Å². The van der Waals surface area contributed by atoms with Gasteiger partial charge in [0, 0.05) is 23.7 Å². The number of halogens is 2. The number of rotatable bonds is 4. The van der Waals surface area contributed by atoms with Crippen molar-refractivity contribution in [3.05, 3.63) is 35.4 Å². The maximum atomic E-state index is 14.2. The zero-order valence-electron chi connectivity index (χ0n) is 12.8. The van der Waals surface area contributed by atoms with Crippen LogP contribution in [-0.2, 0) is 0 Å². The van der Waals surface area contributed by atoms with Crippen molar-refractivity contribution < 1.29 is 8.78 Å². The monoisotopic (exact) mass is 294 g/mol. The van der Waals surface area contributed by atoms with E-state index in [4.69, 9.17) is 0 Å². The Morgan fingerprint density at radius 3 is 2.52 bits per heavy atom. The zero-order valence-corrected chi connectivity index (χ0v) is 12.8. The van der Waals surface area contributed by atoms with E-state index < -0.39 is 0 Å². The van der Waals surface area contributed by atoms with E-state index in [0.29, 0.717) is 23.6 Å². The van der Waals surface area contributed by atoms with E-state index in [1.54, 1.807) is 0 Å². The number of hydrogen-bond acceptors (Lipinski definition) is 2. The summed E-state index contributed by atoms with van der Waals surface area (Å²) >= 11 is 0. The van der Waals surface area contributed by atoms with Gasteiger partial charge < -0.3 is 10.2 Å². The summed E-state index contributed by atoms with van der Waals surface area (Å²) in [5.74, 6) is -0.270. The van der Waals surface area contributed by atoms with Crippen LogP contribution in [0.5, 0.6) is 0 Å². The summed E-state index contributed by atoms with van der Waals surface area (Å²) in [4.78, 5) is 2.47. The quantitative estimate of drug-likeness (QED) is 0.914. The molecule has 3 rings (SSSR count). The Morgan fingerprint density at radius 2 is 1.90 bits per heavy atom. The minimum Gasteiger partial charge on any atom is -0.310 e. The summed E-state index contributed by atoms with van der Waals surface area (Å²) in [5.41, 5.74) is 0.491. The van der Waals surface area contributed by atoms with Gasteiger partial charge in [-0.1, -0.05) is 6.92 Å². The van der Waals surface area contributed by atoms with E-state index >= 15 is 0 Å². The van der Waals surface area contributed by atoms with Crippen LogP contribution >= 0.6 is 0 Å². The van der Waals surface area contributed by atoms with Gasteiger partial charge in [0.05, 0.1) is 0 Å². The minimum absolute atomic E-state index is 0.0810. The fourth-order valence-electron chi connectivity index (χ4n) is 4.23. The molecule has 0 aromatic heterocycles. The lowest BCUT2D eigenvalue weighted by atomic mass is 9.82. The fourth-order valence-corrected chi connectivity index (χ4v) is 4.23. The molecule has 2 saturated heterocycles. The molecule has 2 aliphatic rings. The fraction of sp³-hybridized carbons (Fsp3) is 0.647. The van der Waals surface area contributed by atoms with Gasteiger partial charge in [0.15, 0.2) is 0 Å². The summed E-state index contributed by atoms with van der Waals surface area (Å²) < 4.78 is 27.7. The van der Waals surface area contributed by atoms with Crippen LogP contribution in [0.4, 0.5) is 8.78 Å². The third-order valence-electron chi connectivity index (χ3n) is 5.32. The van der Waals surface area contributed by atoms with Gasteiger partial charge in [-0.05, 0) is 63.4 Å². The molecule has 1 aromatic rings. The molecular weight excluding hydrogens is 270 g/mol.